The highest BCUT2D eigenvalue weighted by Crippen LogP contribution is 2.16. The number of hydrogen-bond donors (Lipinski definition) is 1. The predicted molar refractivity (Wildman–Crippen MR) is 91.6 cm³/mol. The third-order valence-electron chi connectivity index (χ3n) is 3.55. The van der Waals surface area contributed by atoms with Crippen molar-refractivity contribution in [3.63, 3.8) is 0 Å². The summed E-state index contributed by atoms with van der Waals surface area (Å²) in [5.41, 5.74) is 7.16. The van der Waals surface area contributed by atoms with Gasteiger partial charge >= 0.3 is 0 Å². The molecule has 22 heavy (non-hydrogen) atoms. The Morgan fingerprint density at radius 2 is 2.09 bits per heavy atom. The number of nitrogens with two attached hydrogens (primary N) is 1. The lowest BCUT2D eigenvalue weighted by atomic mass is 10.1. The average molecular weight is 338 g/mol. The fraction of sp³-hybridized carbons (Fsp3) is 0.375. The summed E-state index contributed by atoms with van der Waals surface area (Å²) in [6.07, 6.45) is 1.49. The standard InChI is InChI=1S/C16H20ClN3OS/c1-11(9-12-3-5-13(17)6-4-12)20(2)16(21)14-10-22-15(19-14)7-8-18/h3-6,10-11H,7-9,18H2,1-2H3. The largest absolute Gasteiger partial charge is 0.337 e. The first-order chi connectivity index (χ1) is 10.5. The molecule has 1 unspecified atom stereocenters. The molecule has 0 bridgehead atoms. The summed E-state index contributed by atoms with van der Waals surface area (Å²) in [5, 5.41) is 3.43. The molecule has 0 spiro atoms. The zero-order valence-corrected chi connectivity index (χ0v) is 14.3. The SMILES string of the molecule is CC(Cc1ccc(Cl)cc1)N(C)C(=O)c1csc(CCN)n1. The highest BCUT2D eigenvalue weighted by molar-refractivity contribution is 7.09. The molecule has 2 aromatic rings. The number of carbonyl (C=O) groups excluding carboxylic acids is 1. The van der Waals surface area contributed by atoms with E-state index in [2.05, 4.69) is 4.98 Å². The molecule has 4 nitrogen and oxygen atoms in total. The topological polar surface area (TPSA) is 59.2 Å². The molecule has 0 aliphatic heterocycles. The molecule has 1 amide bonds. The number of hydrogen-bond acceptors (Lipinski definition) is 4. The van der Waals surface area contributed by atoms with Crippen LogP contribution in [-0.4, -0.2) is 35.4 Å². The number of halogens is 1. The molecule has 1 aromatic carbocycles. The van der Waals surface area contributed by atoms with E-state index in [1.807, 2.05) is 38.2 Å². The van der Waals surface area contributed by atoms with Crippen LogP contribution in [0.3, 0.4) is 0 Å². The van der Waals surface area contributed by atoms with Crippen LogP contribution < -0.4 is 5.73 Å². The van der Waals surface area contributed by atoms with Crippen LogP contribution in [-0.2, 0) is 12.8 Å². The Hall–Kier alpha value is -1.43. The second-order valence-electron chi connectivity index (χ2n) is 5.26. The molecule has 0 radical (unpaired) electrons. The fourth-order valence-electron chi connectivity index (χ4n) is 2.13. The van der Waals surface area contributed by atoms with E-state index in [0.717, 1.165) is 22.0 Å². The van der Waals surface area contributed by atoms with Crippen LogP contribution in [0.5, 0.6) is 0 Å². The van der Waals surface area contributed by atoms with Crippen LogP contribution in [0, 0.1) is 0 Å². The molecule has 2 rings (SSSR count). The Bertz CT molecular complexity index is 627. The van der Waals surface area contributed by atoms with Gasteiger partial charge in [0.1, 0.15) is 5.69 Å². The maximum absolute atomic E-state index is 12.5. The van der Waals surface area contributed by atoms with Crippen LogP contribution in [0.15, 0.2) is 29.6 Å². The maximum atomic E-state index is 12.5. The second kappa shape index (κ2) is 7.72. The summed E-state index contributed by atoms with van der Waals surface area (Å²) >= 11 is 7.37. The van der Waals surface area contributed by atoms with Crippen LogP contribution >= 0.6 is 22.9 Å². The Morgan fingerprint density at radius 1 is 1.41 bits per heavy atom. The van der Waals surface area contributed by atoms with Gasteiger partial charge in [-0.3, -0.25) is 4.79 Å². The number of likely N-dealkylation sites (N-methyl/N-ethyl adjacent to an activating group) is 1. The Kier molecular flexibility index (Phi) is 5.94. The Labute approximate surface area is 139 Å². The van der Waals surface area contributed by atoms with E-state index in [1.54, 1.807) is 10.3 Å². The number of benzene rings is 1. The number of amides is 1. The summed E-state index contributed by atoms with van der Waals surface area (Å²) < 4.78 is 0. The summed E-state index contributed by atoms with van der Waals surface area (Å²) in [6, 6.07) is 7.78. The molecular weight excluding hydrogens is 318 g/mol. The summed E-state index contributed by atoms with van der Waals surface area (Å²) in [7, 11) is 1.81. The van der Waals surface area contributed by atoms with Crippen molar-refractivity contribution in [2.45, 2.75) is 25.8 Å². The van der Waals surface area contributed by atoms with Gasteiger partial charge in [-0.25, -0.2) is 4.98 Å². The van der Waals surface area contributed by atoms with E-state index < -0.39 is 0 Å². The maximum Gasteiger partial charge on any atom is 0.273 e. The van der Waals surface area contributed by atoms with Gasteiger partial charge in [0.2, 0.25) is 0 Å². The van der Waals surface area contributed by atoms with Gasteiger partial charge in [0.25, 0.3) is 5.91 Å². The van der Waals surface area contributed by atoms with Crippen LogP contribution in [0.25, 0.3) is 0 Å². The zero-order valence-electron chi connectivity index (χ0n) is 12.8. The number of carbonyl (C=O) groups is 1. The minimum absolute atomic E-state index is 0.0546. The van der Waals surface area contributed by atoms with Crippen molar-refractivity contribution in [2.75, 3.05) is 13.6 Å². The van der Waals surface area contributed by atoms with Crippen molar-refractivity contribution in [3.8, 4) is 0 Å². The average Bonchev–Trinajstić information content (AvgIpc) is 2.97. The lowest BCUT2D eigenvalue weighted by Gasteiger charge is -2.24. The van der Waals surface area contributed by atoms with E-state index in [4.69, 9.17) is 17.3 Å². The number of nitrogens with zero attached hydrogens (tertiary/aromatic N) is 2. The molecule has 1 aromatic heterocycles. The van der Waals surface area contributed by atoms with Crippen molar-refractivity contribution in [1.29, 1.82) is 0 Å². The van der Waals surface area contributed by atoms with Gasteiger partial charge < -0.3 is 10.6 Å². The van der Waals surface area contributed by atoms with Gasteiger partial charge in [0.05, 0.1) is 5.01 Å². The molecule has 118 valence electrons. The van der Waals surface area contributed by atoms with Gasteiger partial charge in [-0.2, -0.15) is 0 Å². The van der Waals surface area contributed by atoms with Crippen molar-refractivity contribution >= 4 is 28.8 Å². The van der Waals surface area contributed by atoms with Crippen LogP contribution in [0.2, 0.25) is 5.02 Å². The third kappa shape index (κ3) is 4.29. The number of thiazole rings is 1. The first kappa shape index (κ1) is 16.9. The first-order valence-corrected chi connectivity index (χ1v) is 8.43. The molecule has 0 saturated heterocycles. The number of rotatable bonds is 6. The van der Waals surface area contributed by atoms with E-state index in [0.29, 0.717) is 18.7 Å². The molecular formula is C16H20ClN3OS. The van der Waals surface area contributed by atoms with E-state index >= 15 is 0 Å². The monoisotopic (exact) mass is 337 g/mol. The third-order valence-corrected chi connectivity index (χ3v) is 4.72. The van der Waals surface area contributed by atoms with E-state index in [1.165, 1.54) is 11.3 Å². The normalized spacial score (nSPS) is 12.2. The molecule has 0 aliphatic carbocycles. The number of aromatic nitrogens is 1. The van der Waals surface area contributed by atoms with Gasteiger partial charge in [-0.15, -0.1) is 11.3 Å². The van der Waals surface area contributed by atoms with Gasteiger partial charge in [0, 0.05) is 29.9 Å². The second-order valence-corrected chi connectivity index (χ2v) is 6.64. The van der Waals surface area contributed by atoms with Crippen molar-refractivity contribution in [3.05, 3.63) is 50.9 Å². The molecule has 1 heterocycles. The van der Waals surface area contributed by atoms with E-state index in [9.17, 15) is 4.79 Å². The zero-order chi connectivity index (χ0) is 16.1. The minimum atomic E-state index is -0.0546. The predicted octanol–water partition coefficient (Wildman–Crippen LogP) is 3.00. The fourth-order valence-corrected chi connectivity index (χ4v) is 3.04. The highest BCUT2D eigenvalue weighted by atomic mass is 35.5. The Morgan fingerprint density at radius 3 is 2.73 bits per heavy atom. The lowest BCUT2D eigenvalue weighted by molar-refractivity contribution is 0.0738. The molecule has 2 N–H and O–H groups in total. The minimum Gasteiger partial charge on any atom is -0.337 e. The quantitative estimate of drug-likeness (QED) is 0.881. The molecule has 1 atom stereocenters. The lowest BCUT2D eigenvalue weighted by Crippen LogP contribution is -2.36. The molecule has 0 saturated carbocycles. The summed E-state index contributed by atoms with van der Waals surface area (Å²) in [4.78, 5) is 18.5. The van der Waals surface area contributed by atoms with Crippen LogP contribution in [0.4, 0.5) is 0 Å². The Balaban J connectivity index is 2.00. The van der Waals surface area contributed by atoms with Crippen molar-refractivity contribution in [1.82, 2.24) is 9.88 Å². The van der Waals surface area contributed by atoms with Gasteiger partial charge in [-0.05, 0) is 37.6 Å². The van der Waals surface area contributed by atoms with Gasteiger partial charge in [-0.1, -0.05) is 23.7 Å². The van der Waals surface area contributed by atoms with Crippen LogP contribution in [0.1, 0.15) is 28.0 Å². The first-order valence-electron chi connectivity index (χ1n) is 7.17. The summed E-state index contributed by atoms with van der Waals surface area (Å²) in [6.45, 7) is 2.57. The van der Waals surface area contributed by atoms with Crippen molar-refractivity contribution in [2.24, 2.45) is 5.73 Å². The highest BCUT2D eigenvalue weighted by Gasteiger charge is 2.20. The smallest absolute Gasteiger partial charge is 0.273 e. The van der Waals surface area contributed by atoms with Gasteiger partial charge in [0.15, 0.2) is 0 Å². The summed E-state index contributed by atoms with van der Waals surface area (Å²) in [5.74, 6) is -0.0546. The van der Waals surface area contributed by atoms with E-state index in [-0.39, 0.29) is 11.9 Å². The molecule has 0 aliphatic rings. The van der Waals surface area contributed by atoms with Crippen molar-refractivity contribution < 1.29 is 4.79 Å². The molecule has 6 heteroatoms. The molecule has 0 fully saturated rings.